The molecule has 18 heavy (non-hydrogen) atoms. The van der Waals surface area contributed by atoms with E-state index in [4.69, 9.17) is 4.74 Å². The zero-order chi connectivity index (χ0) is 12.5. The third-order valence-corrected chi connectivity index (χ3v) is 5.32. The molecule has 3 fully saturated rings. The fraction of sp³-hybridized carbons (Fsp3) is 1.00. The third kappa shape index (κ3) is 2.59. The van der Waals surface area contributed by atoms with Crippen molar-refractivity contribution in [3.05, 3.63) is 0 Å². The summed E-state index contributed by atoms with van der Waals surface area (Å²) < 4.78 is 5.71. The van der Waals surface area contributed by atoms with Crippen LogP contribution < -0.4 is 0 Å². The Morgan fingerprint density at radius 3 is 2.78 bits per heavy atom. The molecule has 3 nitrogen and oxygen atoms in total. The van der Waals surface area contributed by atoms with Crippen LogP contribution in [0.4, 0.5) is 0 Å². The number of nitrogens with zero attached hydrogens (tertiary/aromatic N) is 2. The van der Waals surface area contributed by atoms with Gasteiger partial charge in [-0.3, -0.25) is 9.80 Å². The molecule has 0 radical (unpaired) electrons. The molecule has 0 amide bonds. The molecule has 3 heteroatoms. The Kier molecular flexibility index (Phi) is 3.92. The van der Waals surface area contributed by atoms with Gasteiger partial charge >= 0.3 is 0 Å². The summed E-state index contributed by atoms with van der Waals surface area (Å²) in [4.78, 5) is 5.47. The van der Waals surface area contributed by atoms with Crippen molar-refractivity contribution in [2.75, 3.05) is 32.8 Å². The topological polar surface area (TPSA) is 15.7 Å². The minimum atomic E-state index is 0.474. The van der Waals surface area contributed by atoms with E-state index in [2.05, 4.69) is 23.6 Å². The van der Waals surface area contributed by atoms with Crippen LogP contribution in [0.5, 0.6) is 0 Å². The average molecular weight is 252 g/mol. The van der Waals surface area contributed by atoms with E-state index in [1.165, 1.54) is 51.9 Å². The molecule has 0 saturated carbocycles. The van der Waals surface area contributed by atoms with Crippen molar-refractivity contribution in [2.45, 2.75) is 57.7 Å². The van der Waals surface area contributed by atoms with E-state index in [1.54, 1.807) is 0 Å². The van der Waals surface area contributed by atoms with E-state index < -0.39 is 0 Å². The van der Waals surface area contributed by atoms with Crippen LogP contribution in [-0.4, -0.2) is 60.8 Å². The number of piperidine rings is 1. The Morgan fingerprint density at radius 2 is 2.00 bits per heavy atom. The van der Waals surface area contributed by atoms with Crippen molar-refractivity contribution >= 4 is 0 Å². The second kappa shape index (κ2) is 5.48. The van der Waals surface area contributed by atoms with E-state index in [1.807, 2.05) is 0 Å². The van der Waals surface area contributed by atoms with Crippen LogP contribution in [0, 0.1) is 5.92 Å². The highest BCUT2D eigenvalue weighted by Gasteiger charge is 2.35. The van der Waals surface area contributed by atoms with Crippen LogP contribution in [0.1, 0.15) is 39.5 Å². The molecule has 104 valence electrons. The van der Waals surface area contributed by atoms with Crippen LogP contribution in [-0.2, 0) is 4.74 Å². The fourth-order valence-corrected chi connectivity index (χ4v) is 3.98. The second-order valence-corrected chi connectivity index (χ2v) is 6.57. The highest BCUT2D eigenvalue weighted by molar-refractivity contribution is 4.90. The van der Waals surface area contributed by atoms with Crippen LogP contribution in [0.25, 0.3) is 0 Å². The maximum Gasteiger partial charge on any atom is 0.0588 e. The lowest BCUT2D eigenvalue weighted by molar-refractivity contribution is 0.000818. The summed E-state index contributed by atoms with van der Waals surface area (Å²) in [7, 11) is 0. The van der Waals surface area contributed by atoms with Gasteiger partial charge in [0, 0.05) is 38.3 Å². The van der Waals surface area contributed by atoms with Gasteiger partial charge in [0.15, 0.2) is 0 Å². The standard InChI is InChI=1S/C15H28N2O/c1-12-9-16-7-4-3-5-15(16)11-17(12)10-14-6-8-18-13(14)2/h12-15H,3-11H2,1-2H3. The van der Waals surface area contributed by atoms with Crippen LogP contribution in [0.3, 0.4) is 0 Å². The summed E-state index contributed by atoms with van der Waals surface area (Å²) in [6.07, 6.45) is 6.00. The quantitative estimate of drug-likeness (QED) is 0.747. The summed E-state index contributed by atoms with van der Waals surface area (Å²) >= 11 is 0. The lowest BCUT2D eigenvalue weighted by Crippen LogP contribution is -2.59. The van der Waals surface area contributed by atoms with Gasteiger partial charge in [-0.2, -0.15) is 0 Å². The predicted molar refractivity (Wildman–Crippen MR) is 73.8 cm³/mol. The van der Waals surface area contributed by atoms with Gasteiger partial charge in [0.05, 0.1) is 6.10 Å². The van der Waals surface area contributed by atoms with Gasteiger partial charge < -0.3 is 4.74 Å². The van der Waals surface area contributed by atoms with Gasteiger partial charge in [-0.05, 0) is 45.6 Å². The van der Waals surface area contributed by atoms with Crippen molar-refractivity contribution in [2.24, 2.45) is 5.92 Å². The molecule has 0 aromatic heterocycles. The van der Waals surface area contributed by atoms with E-state index in [-0.39, 0.29) is 0 Å². The molecule has 3 saturated heterocycles. The lowest BCUT2D eigenvalue weighted by atomic mass is 9.95. The predicted octanol–water partition coefficient (Wildman–Crippen LogP) is 1.97. The minimum Gasteiger partial charge on any atom is -0.378 e. The normalized spacial score (nSPS) is 43.0. The number of ether oxygens (including phenoxy) is 1. The van der Waals surface area contributed by atoms with Gasteiger partial charge in [-0.1, -0.05) is 6.42 Å². The van der Waals surface area contributed by atoms with E-state index in [0.29, 0.717) is 6.10 Å². The van der Waals surface area contributed by atoms with Crippen molar-refractivity contribution < 1.29 is 4.74 Å². The first kappa shape index (κ1) is 12.9. The molecular formula is C15H28N2O. The molecule has 0 aromatic carbocycles. The summed E-state index contributed by atoms with van der Waals surface area (Å²) in [6, 6.07) is 1.57. The van der Waals surface area contributed by atoms with Gasteiger partial charge in [-0.15, -0.1) is 0 Å². The number of hydrogen-bond donors (Lipinski definition) is 0. The molecule has 0 bridgehead atoms. The largest absolute Gasteiger partial charge is 0.378 e. The molecule has 0 spiro atoms. The van der Waals surface area contributed by atoms with E-state index in [9.17, 15) is 0 Å². The number of hydrogen-bond acceptors (Lipinski definition) is 3. The number of piperazine rings is 1. The minimum absolute atomic E-state index is 0.474. The SMILES string of the molecule is CC1OCCC1CN1CC2CCCCN2CC1C. The Hall–Kier alpha value is -0.120. The zero-order valence-electron chi connectivity index (χ0n) is 12.0. The third-order valence-electron chi connectivity index (χ3n) is 5.32. The van der Waals surface area contributed by atoms with Crippen LogP contribution >= 0.6 is 0 Å². The Labute approximate surface area is 111 Å². The summed E-state index contributed by atoms with van der Waals surface area (Å²) in [6.45, 7) is 10.8. The first-order chi connectivity index (χ1) is 8.74. The average Bonchev–Trinajstić information content (AvgIpc) is 2.76. The first-order valence-electron chi connectivity index (χ1n) is 7.83. The Morgan fingerprint density at radius 1 is 1.11 bits per heavy atom. The molecule has 0 N–H and O–H groups in total. The summed E-state index contributed by atoms with van der Waals surface area (Å²) in [5.74, 6) is 0.766. The highest BCUT2D eigenvalue weighted by atomic mass is 16.5. The maximum atomic E-state index is 5.71. The van der Waals surface area contributed by atoms with Crippen molar-refractivity contribution in [3.8, 4) is 0 Å². The van der Waals surface area contributed by atoms with Crippen molar-refractivity contribution in [1.82, 2.24) is 9.80 Å². The molecule has 4 atom stereocenters. The zero-order valence-corrected chi connectivity index (χ0v) is 12.0. The Balaban J connectivity index is 1.58. The van der Waals surface area contributed by atoms with Crippen LogP contribution in [0.2, 0.25) is 0 Å². The first-order valence-corrected chi connectivity index (χ1v) is 7.83. The Bertz CT molecular complexity index is 284. The second-order valence-electron chi connectivity index (χ2n) is 6.57. The molecule has 0 aliphatic carbocycles. The molecular weight excluding hydrogens is 224 g/mol. The molecule has 3 aliphatic heterocycles. The van der Waals surface area contributed by atoms with Gasteiger partial charge in [0.1, 0.15) is 0 Å². The maximum absolute atomic E-state index is 5.71. The molecule has 4 unspecified atom stereocenters. The molecule has 0 aromatic rings. The molecule has 3 heterocycles. The monoisotopic (exact) mass is 252 g/mol. The van der Waals surface area contributed by atoms with E-state index in [0.717, 1.165) is 24.6 Å². The van der Waals surface area contributed by atoms with Gasteiger partial charge in [-0.25, -0.2) is 0 Å². The molecule has 3 aliphatic rings. The van der Waals surface area contributed by atoms with Crippen molar-refractivity contribution in [1.29, 1.82) is 0 Å². The number of rotatable bonds is 2. The highest BCUT2D eigenvalue weighted by Crippen LogP contribution is 2.27. The summed E-state index contributed by atoms with van der Waals surface area (Å²) in [5, 5.41) is 0. The lowest BCUT2D eigenvalue weighted by Gasteiger charge is -2.48. The number of fused-ring (bicyclic) bond motifs is 1. The fourth-order valence-electron chi connectivity index (χ4n) is 3.98. The van der Waals surface area contributed by atoms with Gasteiger partial charge in [0.25, 0.3) is 0 Å². The smallest absolute Gasteiger partial charge is 0.0588 e. The summed E-state index contributed by atoms with van der Waals surface area (Å²) in [5.41, 5.74) is 0. The molecule has 3 rings (SSSR count). The van der Waals surface area contributed by atoms with E-state index >= 15 is 0 Å². The van der Waals surface area contributed by atoms with Crippen molar-refractivity contribution in [3.63, 3.8) is 0 Å². The van der Waals surface area contributed by atoms with Gasteiger partial charge in [0.2, 0.25) is 0 Å². The van der Waals surface area contributed by atoms with Crippen LogP contribution in [0.15, 0.2) is 0 Å².